The summed E-state index contributed by atoms with van der Waals surface area (Å²) in [4.78, 5) is 14.0. The Morgan fingerprint density at radius 2 is 1.21 bits per heavy atom. The van der Waals surface area contributed by atoms with Crippen LogP contribution in [0.4, 0.5) is 0 Å². The van der Waals surface area contributed by atoms with Gasteiger partial charge in [0.15, 0.2) is 0 Å². The van der Waals surface area contributed by atoms with Gasteiger partial charge in [-0.15, -0.1) is 0 Å². The maximum Gasteiger partial charge on any atom is 0.312 e. The van der Waals surface area contributed by atoms with E-state index in [1.165, 1.54) is 135 Å². The van der Waals surface area contributed by atoms with E-state index >= 15 is 0 Å². The fourth-order valence-corrected chi connectivity index (χ4v) is 8.24. The van der Waals surface area contributed by atoms with Crippen LogP contribution in [0.15, 0.2) is 0 Å². The molecule has 0 amide bonds. The predicted octanol–water partition coefficient (Wildman–Crippen LogP) is 10.2. The number of hydrogen-bond donors (Lipinski definition) is 0. The minimum atomic E-state index is -0.182. The molecule has 0 aliphatic heterocycles. The molecule has 3 aliphatic rings. The highest BCUT2D eigenvalue weighted by Gasteiger charge is 2.57. The summed E-state index contributed by atoms with van der Waals surface area (Å²) in [7, 11) is 0. The molecule has 2 heteroatoms. The van der Waals surface area contributed by atoms with Gasteiger partial charge in [0, 0.05) is 0 Å². The minimum absolute atomic E-state index is 0.182. The van der Waals surface area contributed by atoms with E-state index in [2.05, 4.69) is 13.8 Å². The van der Waals surface area contributed by atoms with Crippen molar-refractivity contribution in [3.05, 3.63) is 0 Å². The largest absolute Gasteiger partial charge is 0.465 e. The number of rotatable bonds is 14. The molecule has 0 bridgehead atoms. The van der Waals surface area contributed by atoms with Gasteiger partial charge in [-0.1, -0.05) is 117 Å². The molecule has 3 saturated carbocycles. The number of hydrogen-bond acceptors (Lipinski definition) is 2. The van der Waals surface area contributed by atoms with Crippen LogP contribution in [0, 0.1) is 22.7 Å². The van der Waals surface area contributed by atoms with Crippen molar-refractivity contribution in [3.63, 3.8) is 0 Å². The zero-order chi connectivity index (χ0) is 24.1. The molecule has 0 spiro atoms. The first-order valence-corrected chi connectivity index (χ1v) is 15.8. The first-order valence-electron chi connectivity index (χ1n) is 15.8. The highest BCUT2D eigenvalue weighted by atomic mass is 16.5. The first-order chi connectivity index (χ1) is 16.7. The topological polar surface area (TPSA) is 26.3 Å². The van der Waals surface area contributed by atoms with Crippen molar-refractivity contribution in [1.82, 2.24) is 0 Å². The quantitative estimate of drug-likeness (QED) is 0.185. The Hall–Kier alpha value is -0.530. The van der Waals surface area contributed by atoms with Crippen molar-refractivity contribution >= 4 is 5.97 Å². The van der Waals surface area contributed by atoms with Crippen molar-refractivity contribution in [1.29, 1.82) is 0 Å². The van der Waals surface area contributed by atoms with Gasteiger partial charge in [-0.2, -0.15) is 0 Å². The van der Waals surface area contributed by atoms with Gasteiger partial charge in [0.05, 0.1) is 12.0 Å². The second kappa shape index (κ2) is 14.9. The van der Waals surface area contributed by atoms with Gasteiger partial charge in [-0.3, -0.25) is 4.79 Å². The molecule has 0 aromatic carbocycles. The van der Waals surface area contributed by atoms with Gasteiger partial charge in [0.2, 0.25) is 0 Å². The summed E-state index contributed by atoms with van der Waals surface area (Å²) in [5, 5.41) is 0. The molecule has 0 atom stereocenters. The number of carbonyl (C=O) groups excluding carboxylic acids is 1. The normalized spacial score (nSPS) is 28.0. The molecule has 198 valence electrons. The third kappa shape index (κ3) is 7.25. The van der Waals surface area contributed by atoms with Crippen LogP contribution in [0.25, 0.3) is 0 Å². The van der Waals surface area contributed by atoms with Gasteiger partial charge < -0.3 is 4.74 Å². The molecule has 3 fully saturated rings. The fraction of sp³-hybridized carbons (Fsp3) is 0.969. The SMILES string of the molecule is CCCCCCCCOC(=O)C1([C@]2(CCCCC)CC[C@H](C3CCCCC3)CC2)CCCCC1. The molecule has 0 unspecified atom stereocenters. The Labute approximate surface area is 212 Å². The Bertz CT molecular complexity index is 547. The lowest BCUT2D eigenvalue weighted by Crippen LogP contribution is -2.52. The van der Waals surface area contributed by atoms with E-state index in [-0.39, 0.29) is 16.8 Å². The molecule has 0 aromatic heterocycles. The lowest BCUT2D eigenvalue weighted by atomic mass is 9.49. The lowest BCUT2D eigenvalue weighted by molar-refractivity contribution is -0.175. The summed E-state index contributed by atoms with van der Waals surface area (Å²) >= 11 is 0. The van der Waals surface area contributed by atoms with Crippen LogP contribution < -0.4 is 0 Å². The number of unbranched alkanes of at least 4 members (excludes halogenated alkanes) is 7. The molecule has 3 aliphatic carbocycles. The zero-order valence-corrected chi connectivity index (χ0v) is 23.1. The average molecular weight is 475 g/mol. The van der Waals surface area contributed by atoms with Crippen LogP contribution in [0.2, 0.25) is 0 Å². The zero-order valence-electron chi connectivity index (χ0n) is 23.1. The van der Waals surface area contributed by atoms with Gasteiger partial charge in [-0.05, 0) is 68.6 Å². The molecular formula is C32H58O2. The summed E-state index contributed by atoms with van der Waals surface area (Å²) in [6.07, 6.45) is 31.3. The standard InChI is InChI=1S/C32H58O2/c1-3-5-7-8-9-17-27-34-30(33)32(23-15-11-16-24-32)31(22-14-6-4-2)25-20-29(21-26-31)28-18-12-10-13-19-28/h28-29H,3-27H2,1-2H3/t29-,31+. The van der Waals surface area contributed by atoms with Crippen LogP contribution in [0.1, 0.15) is 168 Å². The average Bonchev–Trinajstić information content (AvgIpc) is 2.89. The van der Waals surface area contributed by atoms with E-state index in [0.29, 0.717) is 6.61 Å². The molecule has 2 nitrogen and oxygen atoms in total. The lowest BCUT2D eigenvalue weighted by Gasteiger charge is -2.55. The molecule has 0 saturated heterocycles. The van der Waals surface area contributed by atoms with Gasteiger partial charge in [0.25, 0.3) is 0 Å². The van der Waals surface area contributed by atoms with Gasteiger partial charge in [0.1, 0.15) is 0 Å². The Morgan fingerprint density at radius 1 is 0.647 bits per heavy atom. The molecule has 0 N–H and O–H groups in total. The van der Waals surface area contributed by atoms with Crippen LogP contribution in [-0.2, 0) is 9.53 Å². The number of carbonyl (C=O) groups is 1. The van der Waals surface area contributed by atoms with E-state index in [1.807, 2.05) is 0 Å². The summed E-state index contributed by atoms with van der Waals surface area (Å²) in [5.41, 5.74) is 0.0324. The summed E-state index contributed by atoms with van der Waals surface area (Å²) in [6, 6.07) is 0. The molecular weight excluding hydrogens is 416 g/mol. The minimum Gasteiger partial charge on any atom is -0.465 e. The van der Waals surface area contributed by atoms with E-state index in [4.69, 9.17) is 4.74 Å². The highest BCUT2D eigenvalue weighted by Crippen LogP contribution is 2.61. The Balaban J connectivity index is 1.66. The van der Waals surface area contributed by atoms with E-state index < -0.39 is 0 Å². The summed E-state index contributed by atoms with van der Waals surface area (Å²) < 4.78 is 6.18. The third-order valence-electron chi connectivity index (χ3n) is 10.4. The first kappa shape index (κ1) is 28.0. The second-order valence-corrected chi connectivity index (χ2v) is 12.5. The van der Waals surface area contributed by atoms with Crippen molar-refractivity contribution in [2.75, 3.05) is 6.61 Å². The maximum absolute atomic E-state index is 14.0. The van der Waals surface area contributed by atoms with E-state index in [1.54, 1.807) is 0 Å². The van der Waals surface area contributed by atoms with Crippen LogP contribution in [-0.4, -0.2) is 12.6 Å². The smallest absolute Gasteiger partial charge is 0.312 e. The van der Waals surface area contributed by atoms with E-state index in [9.17, 15) is 4.79 Å². The number of esters is 1. The summed E-state index contributed by atoms with van der Waals surface area (Å²) in [6.45, 7) is 5.24. The third-order valence-corrected chi connectivity index (χ3v) is 10.4. The van der Waals surface area contributed by atoms with Crippen LogP contribution in [0.5, 0.6) is 0 Å². The summed E-state index contributed by atoms with van der Waals surface area (Å²) in [5.74, 6) is 2.12. The molecule has 3 rings (SSSR count). The van der Waals surface area contributed by atoms with Crippen LogP contribution >= 0.6 is 0 Å². The maximum atomic E-state index is 14.0. The predicted molar refractivity (Wildman–Crippen MR) is 145 cm³/mol. The van der Waals surface area contributed by atoms with Crippen molar-refractivity contribution in [2.45, 2.75) is 168 Å². The second-order valence-electron chi connectivity index (χ2n) is 12.5. The fourth-order valence-electron chi connectivity index (χ4n) is 8.24. The van der Waals surface area contributed by atoms with Gasteiger partial charge >= 0.3 is 5.97 Å². The van der Waals surface area contributed by atoms with Crippen molar-refractivity contribution in [3.8, 4) is 0 Å². The van der Waals surface area contributed by atoms with Crippen molar-refractivity contribution in [2.24, 2.45) is 22.7 Å². The van der Waals surface area contributed by atoms with E-state index in [0.717, 1.165) is 31.1 Å². The molecule has 0 radical (unpaired) electrons. The Morgan fingerprint density at radius 3 is 1.88 bits per heavy atom. The molecule has 34 heavy (non-hydrogen) atoms. The molecule has 0 aromatic rings. The highest BCUT2D eigenvalue weighted by molar-refractivity contribution is 5.78. The monoisotopic (exact) mass is 474 g/mol. The number of ether oxygens (including phenoxy) is 1. The van der Waals surface area contributed by atoms with Crippen LogP contribution in [0.3, 0.4) is 0 Å². The van der Waals surface area contributed by atoms with Gasteiger partial charge in [-0.25, -0.2) is 0 Å². The Kier molecular flexibility index (Phi) is 12.3. The van der Waals surface area contributed by atoms with Crippen molar-refractivity contribution < 1.29 is 9.53 Å². The molecule has 0 heterocycles.